The summed E-state index contributed by atoms with van der Waals surface area (Å²) in [4.78, 5) is 23.0. The highest BCUT2D eigenvalue weighted by Crippen LogP contribution is 2.24. The molecule has 0 fully saturated rings. The highest BCUT2D eigenvalue weighted by Gasteiger charge is 2.15. The van der Waals surface area contributed by atoms with E-state index in [-0.39, 0.29) is 5.56 Å². The van der Waals surface area contributed by atoms with E-state index in [0.717, 1.165) is 10.9 Å². The number of benzene rings is 1. The van der Waals surface area contributed by atoms with Gasteiger partial charge in [-0.25, -0.2) is 4.79 Å². The second-order valence-corrected chi connectivity index (χ2v) is 4.35. The molecule has 2 rings (SSSR count). The van der Waals surface area contributed by atoms with Crippen molar-refractivity contribution in [3.63, 3.8) is 0 Å². The summed E-state index contributed by atoms with van der Waals surface area (Å²) in [5.41, 5.74) is 2.45. The molecule has 0 aliphatic heterocycles. The van der Waals surface area contributed by atoms with Crippen LogP contribution in [0.3, 0.4) is 0 Å². The quantitative estimate of drug-likeness (QED) is 0.883. The van der Waals surface area contributed by atoms with Gasteiger partial charge in [-0.3, -0.25) is 4.79 Å². The molecule has 94 valence electrons. The second-order valence-electron chi connectivity index (χ2n) is 4.35. The second kappa shape index (κ2) is 4.29. The standard InChI is InChI=1S/C14H15NO3/c1-4-15-11-7-8(2)13(14(17)18)9(3)10(11)5-6-12(15)16/h5-7H,4H2,1-3H3,(H,17,18). The first kappa shape index (κ1) is 12.4. The van der Waals surface area contributed by atoms with E-state index in [1.165, 1.54) is 6.07 Å². The Balaban J connectivity index is 2.99. The first-order valence-electron chi connectivity index (χ1n) is 5.84. The Hall–Kier alpha value is -2.10. The molecule has 0 aliphatic carbocycles. The van der Waals surface area contributed by atoms with E-state index in [9.17, 15) is 14.7 Å². The summed E-state index contributed by atoms with van der Waals surface area (Å²) in [6.07, 6.45) is 0. The fourth-order valence-electron chi connectivity index (χ4n) is 2.43. The third kappa shape index (κ3) is 1.70. The van der Waals surface area contributed by atoms with Crippen molar-refractivity contribution in [3.05, 3.63) is 45.2 Å². The minimum absolute atomic E-state index is 0.0631. The van der Waals surface area contributed by atoms with Gasteiger partial charge in [0.2, 0.25) is 0 Å². The van der Waals surface area contributed by atoms with Crippen molar-refractivity contribution < 1.29 is 9.90 Å². The minimum Gasteiger partial charge on any atom is -0.478 e. The van der Waals surface area contributed by atoms with E-state index in [4.69, 9.17) is 0 Å². The summed E-state index contributed by atoms with van der Waals surface area (Å²) in [7, 11) is 0. The topological polar surface area (TPSA) is 59.3 Å². The van der Waals surface area contributed by atoms with Crippen molar-refractivity contribution in [2.75, 3.05) is 0 Å². The van der Waals surface area contributed by atoms with Crippen LogP contribution in [-0.4, -0.2) is 15.6 Å². The van der Waals surface area contributed by atoms with E-state index < -0.39 is 5.97 Å². The molecule has 0 spiro atoms. The number of pyridine rings is 1. The average Bonchev–Trinajstić information content (AvgIpc) is 2.28. The fourth-order valence-corrected chi connectivity index (χ4v) is 2.43. The van der Waals surface area contributed by atoms with E-state index in [1.807, 2.05) is 6.92 Å². The molecule has 0 atom stereocenters. The number of fused-ring (bicyclic) bond motifs is 1. The molecule has 0 saturated carbocycles. The number of aryl methyl sites for hydroxylation is 3. The van der Waals surface area contributed by atoms with E-state index in [2.05, 4.69) is 0 Å². The minimum atomic E-state index is -0.929. The van der Waals surface area contributed by atoms with Gasteiger partial charge in [-0.05, 0) is 44.0 Å². The monoisotopic (exact) mass is 245 g/mol. The Labute approximate surface area is 104 Å². The maximum atomic E-state index is 11.8. The number of aromatic nitrogens is 1. The van der Waals surface area contributed by atoms with Crippen LogP contribution < -0.4 is 5.56 Å². The molecule has 18 heavy (non-hydrogen) atoms. The predicted molar refractivity (Wildman–Crippen MR) is 70.3 cm³/mol. The zero-order valence-corrected chi connectivity index (χ0v) is 10.7. The number of hydrogen-bond donors (Lipinski definition) is 1. The van der Waals surface area contributed by atoms with Crippen LogP contribution in [0.4, 0.5) is 0 Å². The summed E-state index contributed by atoms with van der Waals surface area (Å²) in [5, 5.41) is 10.0. The normalized spacial score (nSPS) is 10.8. The van der Waals surface area contributed by atoms with Gasteiger partial charge in [-0.15, -0.1) is 0 Å². The van der Waals surface area contributed by atoms with Crippen LogP contribution >= 0.6 is 0 Å². The summed E-state index contributed by atoms with van der Waals surface area (Å²) in [6, 6.07) is 4.96. The molecule has 1 aromatic carbocycles. The number of nitrogens with zero attached hydrogens (tertiary/aromatic N) is 1. The molecule has 0 bridgehead atoms. The van der Waals surface area contributed by atoms with Gasteiger partial charge in [0, 0.05) is 18.0 Å². The Morgan fingerprint density at radius 1 is 1.33 bits per heavy atom. The van der Waals surface area contributed by atoms with Gasteiger partial charge >= 0.3 is 5.97 Å². The molecule has 4 heteroatoms. The Morgan fingerprint density at radius 2 is 2.00 bits per heavy atom. The van der Waals surface area contributed by atoms with Crippen molar-refractivity contribution in [3.8, 4) is 0 Å². The predicted octanol–water partition coefficient (Wildman–Crippen LogP) is 2.34. The van der Waals surface area contributed by atoms with E-state index in [0.29, 0.717) is 23.2 Å². The first-order valence-corrected chi connectivity index (χ1v) is 5.84. The lowest BCUT2D eigenvalue weighted by Gasteiger charge is -2.13. The Morgan fingerprint density at radius 3 is 2.56 bits per heavy atom. The van der Waals surface area contributed by atoms with Crippen LogP contribution in [0.1, 0.15) is 28.4 Å². The van der Waals surface area contributed by atoms with Crippen LogP contribution in [0.15, 0.2) is 23.0 Å². The van der Waals surface area contributed by atoms with Crippen molar-refractivity contribution >= 4 is 16.9 Å². The highest BCUT2D eigenvalue weighted by atomic mass is 16.4. The molecule has 0 amide bonds. The van der Waals surface area contributed by atoms with Crippen LogP contribution in [-0.2, 0) is 6.54 Å². The van der Waals surface area contributed by atoms with Crippen molar-refractivity contribution in [1.29, 1.82) is 0 Å². The number of carbonyl (C=O) groups is 1. The number of rotatable bonds is 2. The molecule has 2 aromatic rings. The zero-order valence-electron chi connectivity index (χ0n) is 10.7. The van der Waals surface area contributed by atoms with E-state index >= 15 is 0 Å². The molecule has 0 radical (unpaired) electrons. The lowest BCUT2D eigenvalue weighted by atomic mass is 9.98. The lowest BCUT2D eigenvalue weighted by molar-refractivity contribution is 0.0695. The van der Waals surface area contributed by atoms with Gasteiger partial charge in [0.1, 0.15) is 0 Å². The Kier molecular flexibility index (Phi) is 2.95. The van der Waals surface area contributed by atoms with Gasteiger partial charge in [0.25, 0.3) is 5.56 Å². The molecule has 0 aliphatic rings. The smallest absolute Gasteiger partial charge is 0.336 e. The molecular formula is C14H15NO3. The average molecular weight is 245 g/mol. The number of hydrogen-bond acceptors (Lipinski definition) is 2. The van der Waals surface area contributed by atoms with Crippen LogP contribution in [0.25, 0.3) is 10.9 Å². The van der Waals surface area contributed by atoms with Gasteiger partial charge < -0.3 is 9.67 Å². The van der Waals surface area contributed by atoms with Gasteiger partial charge in [-0.1, -0.05) is 0 Å². The fraction of sp³-hybridized carbons (Fsp3) is 0.286. The van der Waals surface area contributed by atoms with Crippen LogP contribution in [0.5, 0.6) is 0 Å². The maximum Gasteiger partial charge on any atom is 0.336 e. The van der Waals surface area contributed by atoms with Gasteiger partial charge in [0.15, 0.2) is 0 Å². The summed E-state index contributed by atoms with van der Waals surface area (Å²) in [6.45, 7) is 6.01. The SMILES string of the molecule is CCn1c(=O)ccc2c(C)c(C(=O)O)c(C)cc21. The lowest BCUT2D eigenvalue weighted by Crippen LogP contribution is -2.19. The summed E-state index contributed by atoms with van der Waals surface area (Å²) >= 11 is 0. The maximum absolute atomic E-state index is 11.8. The van der Waals surface area contributed by atoms with Gasteiger partial charge in [0.05, 0.1) is 11.1 Å². The number of carboxylic acid groups (broad SMARTS) is 1. The summed E-state index contributed by atoms with van der Waals surface area (Å²) < 4.78 is 1.65. The summed E-state index contributed by atoms with van der Waals surface area (Å²) in [5.74, 6) is -0.929. The molecule has 1 aromatic heterocycles. The molecule has 1 heterocycles. The van der Waals surface area contributed by atoms with Crippen LogP contribution in [0, 0.1) is 13.8 Å². The van der Waals surface area contributed by atoms with Crippen molar-refractivity contribution in [2.45, 2.75) is 27.3 Å². The Bertz CT molecular complexity index is 698. The highest BCUT2D eigenvalue weighted by molar-refractivity contribution is 5.98. The van der Waals surface area contributed by atoms with Crippen molar-refractivity contribution in [1.82, 2.24) is 4.57 Å². The molecular weight excluding hydrogens is 230 g/mol. The third-order valence-corrected chi connectivity index (χ3v) is 3.28. The first-order chi connectivity index (χ1) is 8.47. The molecule has 0 saturated heterocycles. The molecule has 0 unspecified atom stereocenters. The largest absolute Gasteiger partial charge is 0.478 e. The molecule has 4 nitrogen and oxygen atoms in total. The van der Waals surface area contributed by atoms with Crippen LogP contribution in [0.2, 0.25) is 0 Å². The zero-order chi connectivity index (χ0) is 13.4. The molecule has 1 N–H and O–H groups in total. The number of carboxylic acids is 1. The number of aromatic carboxylic acids is 1. The van der Waals surface area contributed by atoms with E-state index in [1.54, 1.807) is 30.5 Å². The van der Waals surface area contributed by atoms with Gasteiger partial charge in [-0.2, -0.15) is 0 Å². The third-order valence-electron chi connectivity index (χ3n) is 3.28. The van der Waals surface area contributed by atoms with Crippen molar-refractivity contribution in [2.24, 2.45) is 0 Å².